The van der Waals surface area contributed by atoms with Crippen molar-refractivity contribution in [2.45, 2.75) is 13.5 Å². The number of benzene rings is 2. The van der Waals surface area contributed by atoms with Gasteiger partial charge in [0.1, 0.15) is 18.2 Å². The largest absolute Gasteiger partial charge is 0.492 e. The maximum atomic E-state index is 12.9. The van der Waals surface area contributed by atoms with Gasteiger partial charge in [0, 0.05) is 19.0 Å². The van der Waals surface area contributed by atoms with Crippen LogP contribution in [0.3, 0.4) is 0 Å². The van der Waals surface area contributed by atoms with E-state index in [0.717, 1.165) is 0 Å². The summed E-state index contributed by atoms with van der Waals surface area (Å²) in [5.74, 6) is -0.102. The number of aryl methyl sites for hydroxylation is 1. The quantitative estimate of drug-likeness (QED) is 0.670. The van der Waals surface area contributed by atoms with Crippen LogP contribution in [-0.4, -0.2) is 40.8 Å². The van der Waals surface area contributed by atoms with Gasteiger partial charge >= 0.3 is 0 Å². The fraction of sp³-hybridized carbons (Fsp3) is 0.250. The molecule has 0 saturated carbocycles. The molecule has 0 fully saturated rings. The van der Waals surface area contributed by atoms with Gasteiger partial charge in [0.25, 0.3) is 11.5 Å². The molecule has 0 N–H and O–H groups in total. The first-order chi connectivity index (χ1) is 13.0. The van der Waals surface area contributed by atoms with Crippen molar-refractivity contribution in [2.24, 2.45) is 0 Å². The molecule has 140 valence electrons. The number of fused-ring (bicyclic) bond motifs is 1. The standard InChI is InChI=1S/C20H20FN3O3/c1-3-24-19(25)17-7-5-4-6-16(17)18(22-24)20(26)23(2)12-13-27-15-10-8-14(21)9-11-15/h4-11H,3,12-13H2,1-2H3. The molecule has 27 heavy (non-hydrogen) atoms. The van der Waals surface area contributed by atoms with Crippen LogP contribution in [0.2, 0.25) is 0 Å². The Labute approximate surface area is 155 Å². The average Bonchev–Trinajstić information content (AvgIpc) is 2.69. The van der Waals surface area contributed by atoms with Crippen molar-refractivity contribution in [3.05, 3.63) is 70.4 Å². The minimum absolute atomic E-state index is 0.216. The number of rotatable bonds is 6. The minimum atomic E-state index is -0.335. The van der Waals surface area contributed by atoms with E-state index in [4.69, 9.17) is 4.74 Å². The van der Waals surface area contributed by atoms with E-state index in [0.29, 0.717) is 29.6 Å². The Hall–Kier alpha value is -3.22. The van der Waals surface area contributed by atoms with E-state index in [1.807, 2.05) is 0 Å². The van der Waals surface area contributed by atoms with Crippen LogP contribution < -0.4 is 10.3 Å². The second-order valence-corrected chi connectivity index (χ2v) is 6.04. The molecule has 7 heteroatoms. The van der Waals surface area contributed by atoms with Crippen molar-refractivity contribution in [1.29, 1.82) is 0 Å². The highest BCUT2D eigenvalue weighted by molar-refractivity contribution is 6.04. The molecular weight excluding hydrogens is 349 g/mol. The zero-order valence-corrected chi connectivity index (χ0v) is 15.2. The lowest BCUT2D eigenvalue weighted by atomic mass is 10.1. The van der Waals surface area contributed by atoms with Crippen molar-refractivity contribution >= 4 is 16.7 Å². The van der Waals surface area contributed by atoms with Gasteiger partial charge in [0.2, 0.25) is 0 Å². The average molecular weight is 369 g/mol. The second-order valence-electron chi connectivity index (χ2n) is 6.04. The maximum absolute atomic E-state index is 12.9. The lowest BCUT2D eigenvalue weighted by Crippen LogP contribution is -2.34. The minimum Gasteiger partial charge on any atom is -0.492 e. The summed E-state index contributed by atoms with van der Waals surface area (Å²) in [6.45, 7) is 2.75. The summed E-state index contributed by atoms with van der Waals surface area (Å²) in [6, 6.07) is 12.6. The fourth-order valence-corrected chi connectivity index (χ4v) is 2.72. The third kappa shape index (κ3) is 3.97. The Morgan fingerprint density at radius 2 is 1.81 bits per heavy atom. The molecule has 0 saturated heterocycles. The summed E-state index contributed by atoms with van der Waals surface area (Å²) in [5.41, 5.74) is 0.0169. The van der Waals surface area contributed by atoms with Gasteiger partial charge in [-0.25, -0.2) is 9.07 Å². The van der Waals surface area contributed by atoms with Crippen LogP contribution in [0.4, 0.5) is 4.39 Å². The van der Waals surface area contributed by atoms with Gasteiger partial charge in [-0.1, -0.05) is 18.2 Å². The number of carbonyl (C=O) groups is 1. The molecule has 3 rings (SSSR count). The van der Waals surface area contributed by atoms with Crippen LogP contribution in [0.25, 0.3) is 10.8 Å². The molecule has 0 spiro atoms. The Balaban J connectivity index is 1.77. The number of likely N-dealkylation sites (N-methyl/N-ethyl adjacent to an activating group) is 1. The zero-order chi connectivity index (χ0) is 19.4. The molecule has 1 amide bonds. The van der Waals surface area contributed by atoms with Crippen molar-refractivity contribution in [1.82, 2.24) is 14.7 Å². The van der Waals surface area contributed by atoms with Crippen LogP contribution in [0, 0.1) is 5.82 Å². The molecule has 2 aromatic carbocycles. The number of nitrogens with zero attached hydrogens (tertiary/aromatic N) is 3. The lowest BCUT2D eigenvalue weighted by molar-refractivity contribution is 0.0767. The molecule has 3 aromatic rings. The molecule has 0 radical (unpaired) electrons. The van der Waals surface area contributed by atoms with Gasteiger partial charge in [-0.15, -0.1) is 0 Å². The van der Waals surface area contributed by atoms with Crippen molar-refractivity contribution < 1.29 is 13.9 Å². The van der Waals surface area contributed by atoms with Crippen LogP contribution in [0.1, 0.15) is 17.4 Å². The van der Waals surface area contributed by atoms with E-state index in [1.54, 1.807) is 38.2 Å². The first kappa shape index (κ1) is 18.6. The molecule has 0 aliphatic carbocycles. The number of hydrogen-bond donors (Lipinski definition) is 0. The fourth-order valence-electron chi connectivity index (χ4n) is 2.72. The monoisotopic (exact) mass is 369 g/mol. The number of halogens is 1. The second kappa shape index (κ2) is 7.99. The Kier molecular flexibility index (Phi) is 5.49. The first-order valence-electron chi connectivity index (χ1n) is 8.65. The number of aromatic nitrogens is 2. The van der Waals surface area contributed by atoms with Crippen LogP contribution in [0.15, 0.2) is 53.3 Å². The van der Waals surface area contributed by atoms with Gasteiger partial charge in [-0.05, 0) is 37.3 Å². The zero-order valence-electron chi connectivity index (χ0n) is 15.2. The molecule has 1 heterocycles. The highest BCUT2D eigenvalue weighted by Gasteiger charge is 2.19. The third-order valence-electron chi connectivity index (χ3n) is 4.23. The summed E-state index contributed by atoms with van der Waals surface area (Å²) in [5, 5.41) is 5.24. The molecule has 0 atom stereocenters. The lowest BCUT2D eigenvalue weighted by Gasteiger charge is -2.18. The SMILES string of the molecule is CCn1nc(C(=O)N(C)CCOc2ccc(F)cc2)c2ccccc2c1=O. The Bertz CT molecular complexity index is 1020. The summed E-state index contributed by atoms with van der Waals surface area (Å²) >= 11 is 0. The molecule has 0 aliphatic heterocycles. The number of carbonyl (C=O) groups excluding carboxylic acids is 1. The van der Waals surface area contributed by atoms with Gasteiger partial charge in [0.05, 0.1) is 11.9 Å². The van der Waals surface area contributed by atoms with E-state index >= 15 is 0 Å². The number of amides is 1. The van der Waals surface area contributed by atoms with E-state index in [2.05, 4.69) is 5.10 Å². The Morgan fingerprint density at radius 3 is 2.48 bits per heavy atom. The highest BCUT2D eigenvalue weighted by atomic mass is 19.1. The van der Waals surface area contributed by atoms with Gasteiger partial charge in [0.15, 0.2) is 5.69 Å². The third-order valence-corrected chi connectivity index (χ3v) is 4.23. The number of ether oxygens (including phenoxy) is 1. The predicted octanol–water partition coefficient (Wildman–Crippen LogP) is 2.71. The van der Waals surface area contributed by atoms with E-state index in [1.165, 1.54) is 33.8 Å². The van der Waals surface area contributed by atoms with E-state index < -0.39 is 0 Å². The molecule has 0 unspecified atom stereocenters. The smallest absolute Gasteiger partial charge is 0.274 e. The molecular formula is C20H20FN3O3. The molecule has 6 nitrogen and oxygen atoms in total. The van der Waals surface area contributed by atoms with E-state index in [-0.39, 0.29) is 29.6 Å². The van der Waals surface area contributed by atoms with E-state index in [9.17, 15) is 14.0 Å². The van der Waals surface area contributed by atoms with Gasteiger partial charge in [-0.2, -0.15) is 5.10 Å². The summed E-state index contributed by atoms with van der Waals surface area (Å²) < 4.78 is 19.7. The first-order valence-corrected chi connectivity index (χ1v) is 8.65. The molecule has 0 aliphatic rings. The number of hydrogen-bond acceptors (Lipinski definition) is 4. The van der Waals surface area contributed by atoms with Gasteiger partial charge < -0.3 is 9.64 Å². The Morgan fingerprint density at radius 1 is 1.15 bits per heavy atom. The predicted molar refractivity (Wildman–Crippen MR) is 101 cm³/mol. The van der Waals surface area contributed by atoms with Crippen molar-refractivity contribution in [2.75, 3.05) is 20.2 Å². The topological polar surface area (TPSA) is 64.4 Å². The van der Waals surface area contributed by atoms with Crippen LogP contribution in [0.5, 0.6) is 5.75 Å². The van der Waals surface area contributed by atoms with Crippen LogP contribution in [-0.2, 0) is 6.54 Å². The van der Waals surface area contributed by atoms with Crippen LogP contribution >= 0.6 is 0 Å². The summed E-state index contributed by atoms with van der Waals surface area (Å²) in [7, 11) is 1.65. The highest BCUT2D eigenvalue weighted by Crippen LogP contribution is 2.15. The summed E-state index contributed by atoms with van der Waals surface area (Å²) in [6.07, 6.45) is 0. The normalized spacial score (nSPS) is 10.8. The van der Waals surface area contributed by atoms with Crippen molar-refractivity contribution in [3.63, 3.8) is 0 Å². The molecule has 0 bridgehead atoms. The van der Waals surface area contributed by atoms with Gasteiger partial charge in [-0.3, -0.25) is 9.59 Å². The van der Waals surface area contributed by atoms with Crippen molar-refractivity contribution in [3.8, 4) is 5.75 Å². The summed E-state index contributed by atoms with van der Waals surface area (Å²) in [4.78, 5) is 26.7. The molecule has 1 aromatic heterocycles. The maximum Gasteiger partial charge on any atom is 0.274 e.